The molecule has 0 rings (SSSR count). The fourth-order valence-electron chi connectivity index (χ4n) is 6.19. The van der Waals surface area contributed by atoms with Gasteiger partial charge in [0, 0.05) is 13.0 Å². The predicted octanol–water partition coefficient (Wildman–Crippen LogP) is 13.9. The number of phosphoric acid groups is 1. The van der Waals surface area contributed by atoms with Gasteiger partial charge in [-0.2, -0.15) is 0 Å². The molecule has 57 heavy (non-hydrogen) atoms. The van der Waals surface area contributed by atoms with Gasteiger partial charge in [0.15, 0.2) is 0 Å². The number of carbonyl (C=O) groups excluding carboxylic acids is 1. The van der Waals surface area contributed by atoms with E-state index in [9.17, 15) is 14.3 Å². The molecule has 9 heteroatoms. The summed E-state index contributed by atoms with van der Waals surface area (Å²) in [5.74, 6) is -0.324. The summed E-state index contributed by atoms with van der Waals surface area (Å²) in [7, 11) is 1.65. The van der Waals surface area contributed by atoms with Crippen LogP contribution in [0.25, 0.3) is 0 Å². The van der Waals surface area contributed by atoms with Gasteiger partial charge >= 0.3 is 13.8 Å². The average Bonchev–Trinajstić information content (AvgIpc) is 3.16. The molecule has 0 saturated carbocycles. The highest BCUT2D eigenvalue weighted by Crippen LogP contribution is 2.43. The molecule has 0 spiro atoms. The van der Waals surface area contributed by atoms with Gasteiger partial charge in [-0.25, -0.2) is 4.57 Å². The molecule has 0 aromatic carbocycles. The zero-order valence-electron chi connectivity index (χ0n) is 37.8. The molecule has 0 aromatic rings. The lowest BCUT2D eigenvalue weighted by Crippen LogP contribution is -2.37. The summed E-state index contributed by atoms with van der Waals surface area (Å²) < 4.78 is 35.0. The molecule has 0 aromatic heterocycles. The van der Waals surface area contributed by atoms with Crippen molar-refractivity contribution in [3.8, 4) is 0 Å². The van der Waals surface area contributed by atoms with E-state index in [1.807, 2.05) is 21.1 Å². The van der Waals surface area contributed by atoms with Gasteiger partial charge in [0.25, 0.3) is 0 Å². The highest BCUT2D eigenvalue weighted by atomic mass is 31.2. The Morgan fingerprint density at radius 2 is 0.982 bits per heavy atom. The van der Waals surface area contributed by atoms with E-state index in [0.29, 0.717) is 24.1 Å². The number of carbonyl (C=O) groups is 1. The van der Waals surface area contributed by atoms with Crippen LogP contribution in [0.3, 0.4) is 0 Å². The smallest absolute Gasteiger partial charge is 0.457 e. The van der Waals surface area contributed by atoms with Gasteiger partial charge in [-0.1, -0.05) is 165 Å². The molecule has 0 heterocycles. The van der Waals surface area contributed by atoms with Crippen LogP contribution < -0.4 is 0 Å². The van der Waals surface area contributed by atoms with E-state index in [1.165, 1.54) is 122 Å². The van der Waals surface area contributed by atoms with Gasteiger partial charge < -0.3 is 18.9 Å². The summed E-state index contributed by atoms with van der Waals surface area (Å²) in [6.07, 6.45) is 50.0. The fraction of sp³-hybridized carbons (Fsp3) is 0.812. The first kappa shape index (κ1) is 55.5. The minimum absolute atomic E-state index is 0.0845. The molecule has 0 radical (unpaired) electrons. The minimum atomic E-state index is -4.28. The number of unbranched alkanes of at least 4 members (excludes halogenated alkanes) is 21. The van der Waals surface area contributed by atoms with Crippen molar-refractivity contribution in [1.82, 2.24) is 0 Å². The van der Waals surface area contributed by atoms with Crippen LogP contribution in [-0.4, -0.2) is 75.6 Å². The van der Waals surface area contributed by atoms with Crippen LogP contribution in [0.2, 0.25) is 0 Å². The maximum absolute atomic E-state index is 12.7. The number of likely N-dealkylation sites (N-methyl/N-ethyl adjacent to an activating group) is 1. The molecule has 0 amide bonds. The molecule has 0 aliphatic rings. The van der Waals surface area contributed by atoms with Crippen molar-refractivity contribution in [2.45, 2.75) is 200 Å². The van der Waals surface area contributed by atoms with Gasteiger partial charge in [0.2, 0.25) is 0 Å². The van der Waals surface area contributed by atoms with Gasteiger partial charge in [0.05, 0.1) is 34.4 Å². The first-order valence-electron chi connectivity index (χ1n) is 23.4. The van der Waals surface area contributed by atoms with E-state index < -0.39 is 13.9 Å². The summed E-state index contributed by atoms with van der Waals surface area (Å²) in [4.78, 5) is 22.9. The van der Waals surface area contributed by atoms with Gasteiger partial charge in [-0.15, -0.1) is 0 Å². The normalized spacial score (nSPS) is 14.1. The number of ether oxygens (including phenoxy) is 2. The standard InChI is InChI=1S/C48H90NO7P/c1-6-8-10-12-14-16-18-20-21-22-23-24-25-26-27-28-29-30-31-33-35-37-39-41-48(50)56-47(46-55-57(51,52)54-44-42-49(3,4)5)45-53-43-40-38-36-34-32-19-17-15-13-11-9-7-2/h13,15,18,20,22-23,25-26,47H,6-12,14,16-17,19,21,24,27-46H2,1-5H3/p+1/b15-13-,20-18-,23-22-,26-25-. The lowest BCUT2D eigenvalue weighted by atomic mass is 10.1. The van der Waals surface area contributed by atoms with Crippen LogP contribution in [0, 0.1) is 0 Å². The Bertz CT molecular complexity index is 1050. The molecule has 0 aliphatic heterocycles. The van der Waals surface area contributed by atoms with Crippen molar-refractivity contribution < 1.29 is 37.3 Å². The van der Waals surface area contributed by atoms with Crippen molar-refractivity contribution in [1.29, 1.82) is 0 Å². The van der Waals surface area contributed by atoms with Crippen LogP contribution in [0.4, 0.5) is 0 Å². The molecule has 2 unspecified atom stereocenters. The van der Waals surface area contributed by atoms with Crippen molar-refractivity contribution in [2.75, 3.05) is 54.1 Å². The molecule has 0 bridgehead atoms. The maximum atomic E-state index is 12.7. The highest BCUT2D eigenvalue weighted by Gasteiger charge is 2.26. The number of allylic oxidation sites excluding steroid dienone is 8. The Labute approximate surface area is 352 Å². The van der Waals surface area contributed by atoms with E-state index in [2.05, 4.69) is 62.5 Å². The third kappa shape index (κ3) is 45.4. The number of phosphoric ester groups is 1. The van der Waals surface area contributed by atoms with Crippen LogP contribution in [-0.2, 0) is 27.9 Å². The van der Waals surface area contributed by atoms with Crippen LogP contribution in [0.15, 0.2) is 48.6 Å². The molecule has 1 N–H and O–H groups in total. The van der Waals surface area contributed by atoms with Gasteiger partial charge in [-0.05, 0) is 70.6 Å². The van der Waals surface area contributed by atoms with E-state index in [1.54, 1.807) is 0 Å². The molecule has 2 atom stereocenters. The number of nitrogens with zero attached hydrogens (tertiary/aromatic N) is 1. The number of esters is 1. The molecule has 0 saturated heterocycles. The van der Waals surface area contributed by atoms with Crippen molar-refractivity contribution in [2.24, 2.45) is 0 Å². The SMILES string of the molecule is CCCC/C=C\CCCCCCCCOCC(COP(=O)(O)OCC[N+](C)(C)C)OC(=O)CCCCCCCCCC/C=C\C/C=C\C/C=C\CCCCCCC. The summed E-state index contributed by atoms with van der Waals surface area (Å²) in [5, 5.41) is 0. The molecule has 8 nitrogen and oxygen atoms in total. The lowest BCUT2D eigenvalue weighted by molar-refractivity contribution is -0.870. The second-order valence-electron chi connectivity index (χ2n) is 16.8. The zero-order chi connectivity index (χ0) is 42.0. The van der Waals surface area contributed by atoms with Crippen LogP contribution in [0.1, 0.15) is 194 Å². The number of rotatable bonds is 43. The monoisotopic (exact) mass is 825 g/mol. The van der Waals surface area contributed by atoms with Crippen LogP contribution in [0.5, 0.6) is 0 Å². The quantitative estimate of drug-likeness (QED) is 0.0215. The molecule has 0 aliphatic carbocycles. The number of quaternary nitrogens is 1. The predicted molar refractivity (Wildman–Crippen MR) is 243 cm³/mol. The topological polar surface area (TPSA) is 91.3 Å². The molecule has 0 fully saturated rings. The van der Waals surface area contributed by atoms with Gasteiger partial charge in [0.1, 0.15) is 19.3 Å². The maximum Gasteiger partial charge on any atom is 0.472 e. The van der Waals surface area contributed by atoms with Crippen molar-refractivity contribution >= 4 is 13.8 Å². The summed E-state index contributed by atoms with van der Waals surface area (Å²) in [5.41, 5.74) is 0. The van der Waals surface area contributed by atoms with E-state index >= 15 is 0 Å². The summed E-state index contributed by atoms with van der Waals surface area (Å²) in [6.45, 7) is 5.56. The van der Waals surface area contributed by atoms with Crippen LogP contribution >= 0.6 is 7.82 Å². The summed E-state index contributed by atoms with van der Waals surface area (Å²) >= 11 is 0. The molecular formula is C48H91NO7P+. The molecular weight excluding hydrogens is 734 g/mol. The van der Waals surface area contributed by atoms with Crippen molar-refractivity contribution in [3.05, 3.63) is 48.6 Å². The Hall–Kier alpha value is -1.54. The minimum Gasteiger partial charge on any atom is -0.457 e. The molecule has 334 valence electrons. The Kier molecular flexibility index (Phi) is 40.1. The highest BCUT2D eigenvalue weighted by molar-refractivity contribution is 7.47. The summed E-state index contributed by atoms with van der Waals surface area (Å²) in [6, 6.07) is 0. The number of hydrogen-bond acceptors (Lipinski definition) is 6. The Balaban J connectivity index is 4.17. The van der Waals surface area contributed by atoms with E-state index in [-0.39, 0.29) is 25.8 Å². The zero-order valence-corrected chi connectivity index (χ0v) is 38.7. The first-order chi connectivity index (χ1) is 27.6. The van der Waals surface area contributed by atoms with E-state index in [0.717, 1.165) is 51.4 Å². The third-order valence-electron chi connectivity index (χ3n) is 9.86. The largest absolute Gasteiger partial charge is 0.472 e. The Morgan fingerprint density at radius 1 is 0.544 bits per heavy atom. The third-order valence-corrected chi connectivity index (χ3v) is 10.8. The fourth-order valence-corrected chi connectivity index (χ4v) is 6.93. The first-order valence-corrected chi connectivity index (χ1v) is 24.9. The Morgan fingerprint density at radius 3 is 1.51 bits per heavy atom. The van der Waals surface area contributed by atoms with E-state index in [4.69, 9.17) is 18.5 Å². The average molecular weight is 825 g/mol. The van der Waals surface area contributed by atoms with Gasteiger partial charge in [-0.3, -0.25) is 13.8 Å². The lowest BCUT2D eigenvalue weighted by Gasteiger charge is -2.24. The number of hydrogen-bond donors (Lipinski definition) is 1. The second kappa shape index (κ2) is 41.2. The van der Waals surface area contributed by atoms with Crippen molar-refractivity contribution in [3.63, 3.8) is 0 Å². The second-order valence-corrected chi connectivity index (χ2v) is 18.2.